The lowest BCUT2D eigenvalue weighted by molar-refractivity contribution is 0.104. The van der Waals surface area contributed by atoms with Crippen LogP contribution in [0.4, 0.5) is 11.6 Å². The van der Waals surface area contributed by atoms with Gasteiger partial charge in [-0.2, -0.15) is 4.98 Å². The third-order valence-corrected chi connectivity index (χ3v) is 3.61. The summed E-state index contributed by atoms with van der Waals surface area (Å²) in [5, 5.41) is 3.14. The van der Waals surface area contributed by atoms with E-state index < -0.39 is 0 Å². The molecule has 0 unspecified atom stereocenters. The van der Waals surface area contributed by atoms with Gasteiger partial charge in [0, 0.05) is 23.0 Å². The minimum Gasteiger partial charge on any atom is -0.439 e. The van der Waals surface area contributed by atoms with E-state index in [9.17, 15) is 4.79 Å². The normalized spacial score (nSPS) is 10.7. The molecule has 5 heteroatoms. The van der Waals surface area contributed by atoms with Crippen molar-refractivity contribution < 1.29 is 9.53 Å². The highest BCUT2D eigenvalue weighted by Crippen LogP contribution is 2.25. The molecule has 0 fully saturated rings. The number of nitrogens with one attached hydrogen (secondary N) is 1. The van der Waals surface area contributed by atoms with Crippen LogP contribution in [0.15, 0.2) is 72.9 Å². The predicted molar refractivity (Wildman–Crippen MR) is 102 cm³/mol. The molecule has 1 aromatic heterocycles. The SMILES string of the molecule is CC=CC(=O)c1cccc(Oc2nc(Nc3ccccc3)ncc2C)c1. The van der Waals surface area contributed by atoms with Gasteiger partial charge in [-0.3, -0.25) is 4.79 Å². The number of ketones is 1. The smallest absolute Gasteiger partial charge is 0.230 e. The van der Waals surface area contributed by atoms with Crippen molar-refractivity contribution in [1.82, 2.24) is 9.97 Å². The van der Waals surface area contributed by atoms with Crippen LogP contribution in [0, 0.1) is 6.92 Å². The first-order chi connectivity index (χ1) is 12.7. The largest absolute Gasteiger partial charge is 0.439 e. The lowest BCUT2D eigenvalue weighted by Crippen LogP contribution is -2.01. The van der Waals surface area contributed by atoms with E-state index in [1.165, 1.54) is 6.08 Å². The highest BCUT2D eigenvalue weighted by molar-refractivity contribution is 6.04. The molecule has 0 aliphatic carbocycles. The van der Waals surface area contributed by atoms with E-state index in [2.05, 4.69) is 15.3 Å². The second-order valence-electron chi connectivity index (χ2n) is 5.67. The number of hydrogen-bond acceptors (Lipinski definition) is 5. The molecule has 0 saturated heterocycles. The number of aryl methyl sites for hydroxylation is 1. The molecule has 0 spiro atoms. The van der Waals surface area contributed by atoms with Crippen molar-refractivity contribution in [1.29, 1.82) is 0 Å². The molecule has 0 aliphatic heterocycles. The zero-order valence-corrected chi connectivity index (χ0v) is 14.6. The number of hydrogen-bond donors (Lipinski definition) is 1. The molecule has 0 atom stereocenters. The van der Waals surface area contributed by atoms with Crippen LogP contribution in [-0.4, -0.2) is 15.8 Å². The lowest BCUT2D eigenvalue weighted by atomic mass is 10.1. The minimum atomic E-state index is -0.0659. The van der Waals surface area contributed by atoms with Gasteiger partial charge in [0.1, 0.15) is 5.75 Å². The van der Waals surface area contributed by atoms with Crippen LogP contribution < -0.4 is 10.1 Å². The molecule has 2 aromatic carbocycles. The molecule has 0 saturated carbocycles. The topological polar surface area (TPSA) is 64.1 Å². The second kappa shape index (κ2) is 8.07. The molecule has 130 valence electrons. The van der Waals surface area contributed by atoms with Gasteiger partial charge in [0.05, 0.1) is 0 Å². The second-order valence-corrected chi connectivity index (χ2v) is 5.67. The Kier molecular flexibility index (Phi) is 5.39. The molecular formula is C21H19N3O2. The first-order valence-corrected chi connectivity index (χ1v) is 8.26. The Bertz CT molecular complexity index is 937. The molecule has 5 nitrogen and oxygen atoms in total. The number of aromatic nitrogens is 2. The molecule has 0 aliphatic rings. The third-order valence-electron chi connectivity index (χ3n) is 3.61. The van der Waals surface area contributed by atoms with Crippen molar-refractivity contribution in [3.05, 3.63) is 84.1 Å². The molecule has 0 radical (unpaired) electrons. The number of benzene rings is 2. The highest BCUT2D eigenvalue weighted by atomic mass is 16.5. The fraction of sp³-hybridized carbons (Fsp3) is 0.0952. The fourth-order valence-electron chi connectivity index (χ4n) is 2.31. The molecule has 0 bridgehead atoms. The van der Waals surface area contributed by atoms with Gasteiger partial charge < -0.3 is 10.1 Å². The number of nitrogens with zero attached hydrogens (tertiary/aromatic N) is 2. The summed E-state index contributed by atoms with van der Waals surface area (Å²) < 4.78 is 5.89. The Morgan fingerprint density at radius 2 is 1.92 bits per heavy atom. The zero-order chi connectivity index (χ0) is 18.4. The Labute approximate surface area is 152 Å². The number of carbonyl (C=O) groups is 1. The van der Waals surface area contributed by atoms with Crippen molar-refractivity contribution in [2.24, 2.45) is 0 Å². The zero-order valence-electron chi connectivity index (χ0n) is 14.6. The standard InChI is InChI=1S/C21H19N3O2/c1-3-8-19(25)16-9-7-12-18(13-16)26-20-15(2)14-22-21(24-20)23-17-10-5-4-6-11-17/h3-14H,1-2H3,(H,22,23,24). The summed E-state index contributed by atoms with van der Waals surface area (Å²) in [6.45, 7) is 3.68. The summed E-state index contributed by atoms with van der Waals surface area (Å²) in [6.07, 6.45) is 4.94. The van der Waals surface area contributed by atoms with E-state index in [4.69, 9.17) is 4.74 Å². The van der Waals surface area contributed by atoms with Crippen LogP contribution in [0.3, 0.4) is 0 Å². The predicted octanol–water partition coefficient (Wildman–Crippen LogP) is 5.08. The number of allylic oxidation sites excluding steroid dienone is 2. The Balaban J connectivity index is 1.82. The average Bonchev–Trinajstić information content (AvgIpc) is 2.66. The van der Waals surface area contributed by atoms with E-state index in [1.807, 2.05) is 44.2 Å². The summed E-state index contributed by atoms with van der Waals surface area (Å²) in [5.41, 5.74) is 2.25. The molecule has 1 heterocycles. The summed E-state index contributed by atoms with van der Waals surface area (Å²) in [5.74, 6) is 1.36. The van der Waals surface area contributed by atoms with Crippen molar-refractivity contribution in [2.75, 3.05) is 5.32 Å². The first-order valence-electron chi connectivity index (χ1n) is 8.26. The van der Waals surface area contributed by atoms with Gasteiger partial charge >= 0.3 is 0 Å². The molecule has 0 amide bonds. The molecule has 3 aromatic rings. The third kappa shape index (κ3) is 4.33. The van der Waals surface area contributed by atoms with Gasteiger partial charge in [-0.25, -0.2) is 4.98 Å². The van der Waals surface area contributed by atoms with Gasteiger partial charge in [-0.05, 0) is 44.2 Å². The van der Waals surface area contributed by atoms with Gasteiger partial charge in [0.25, 0.3) is 0 Å². The van der Waals surface area contributed by atoms with Crippen LogP contribution in [0.1, 0.15) is 22.8 Å². The van der Waals surface area contributed by atoms with Crippen molar-refractivity contribution in [3.63, 3.8) is 0 Å². The molecule has 3 rings (SSSR count). The van der Waals surface area contributed by atoms with Crippen LogP contribution in [0.5, 0.6) is 11.6 Å². The Morgan fingerprint density at radius 3 is 2.69 bits per heavy atom. The monoisotopic (exact) mass is 345 g/mol. The van der Waals surface area contributed by atoms with Gasteiger partial charge in [-0.1, -0.05) is 36.4 Å². The summed E-state index contributed by atoms with van der Waals surface area (Å²) >= 11 is 0. The fourth-order valence-corrected chi connectivity index (χ4v) is 2.31. The Hall–Kier alpha value is -3.47. The Morgan fingerprint density at radius 1 is 1.12 bits per heavy atom. The summed E-state index contributed by atoms with van der Waals surface area (Å²) in [7, 11) is 0. The quantitative estimate of drug-likeness (QED) is 0.498. The molecule has 26 heavy (non-hydrogen) atoms. The number of anilines is 2. The van der Waals surface area contributed by atoms with Crippen LogP contribution in [0.2, 0.25) is 0 Å². The minimum absolute atomic E-state index is 0.0659. The number of ether oxygens (including phenoxy) is 1. The average molecular weight is 345 g/mol. The van der Waals surface area contributed by atoms with E-state index in [1.54, 1.807) is 36.5 Å². The van der Waals surface area contributed by atoms with E-state index in [0.717, 1.165) is 11.3 Å². The number of rotatable bonds is 6. The van der Waals surface area contributed by atoms with Crippen LogP contribution in [-0.2, 0) is 0 Å². The first kappa shape index (κ1) is 17.4. The van der Waals surface area contributed by atoms with Crippen molar-refractivity contribution in [2.45, 2.75) is 13.8 Å². The maximum atomic E-state index is 12.0. The van der Waals surface area contributed by atoms with E-state index in [0.29, 0.717) is 23.1 Å². The van der Waals surface area contributed by atoms with E-state index >= 15 is 0 Å². The van der Waals surface area contributed by atoms with Gasteiger partial charge in [-0.15, -0.1) is 0 Å². The lowest BCUT2D eigenvalue weighted by Gasteiger charge is -2.10. The maximum absolute atomic E-state index is 12.0. The molecular weight excluding hydrogens is 326 g/mol. The van der Waals surface area contributed by atoms with Crippen molar-refractivity contribution in [3.8, 4) is 11.6 Å². The maximum Gasteiger partial charge on any atom is 0.230 e. The molecule has 1 N–H and O–H groups in total. The van der Waals surface area contributed by atoms with E-state index in [-0.39, 0.29) is 5.78 Å². The van der Waals surface area contributed by atoms with Crippen LogP contribution >= 0.6 is 0 Å². The highest BCUT2D eigenvalue weighted by Gasteiger charge is 2.09. The van der Waals surface area contributed by atoms with Crippen molar-refractivity contribution >= 4 is 17.4 Å². The number of para-hydroxylation sites is 1. The van der Waals surface area contributed by atoms with Gasteiger partial charge in [0.2, 0.25) is 11.8 Å². The van der Waals surface area contributed by atoms with Gasteiger partial charge in [0.15, 0.2) is 5.78 Å². The number of carbonyl (C=O) groups excluding carboxylic acids is 1. The summed E-state index contributed by atoms with van der Waals surface area (Å²) in [6, 6.07) is 16.7. The van der Waals surface area contributed by atoms with Crippen LogP contribution in [0.25, 0.3) is 0 Å². The summed E-state index contributed by atoms with van der Waals surface area (Å²) in [4.78, 5) is 20.7.